The van der Waals surface area contributed by atoms with Crippen LogP contribution < -0.4 is 0 Å². The van der Waals surface area contributed by atoms with Gasteiger partial charge in [-0.3, -0.25) is 4.79 Å². The highest BCUT2D eigenvalue weighted by Gasteiger charge is 2.28. The summed E-state index contributed by atoms with van der Waals surface area (Å²) in [7, 11) is 0. The minimum absolute atomic E-state index is 0.0816. The molecule has 0 N–H and O–H groups in total. The van der Waals surface area contributed by atoms with Crippen molar-refractivity contribution in [3.05, 3.63) is 83.4 Å². The molecule has 4 heteroatoms. The van der Waals surface area contributed by atoms with Crippen LogP contribution in [0.3, 0.4) is 0 Å². The Labute approximate surface area is 192 Å². The third-order valence-corrected chi connectivity index (χ3v) is 5.85. The summed E-state index contributed by atoms with van der Waals surface area (Å²) in [6, 6.07) is 20.5. The summed E-state index contributed by atoms with van der Waals surface area (Å²) < 4.78 is 17.3. The lowest BCUT2D eigenvalue weighted by molar-refractivity contribution is -0.155. The van der Waals surface area contributed by atoms with Crippen LogP contribution in [0.15, 0.2) is 72.3 Å². The number of allylic oxidation sites excluding steroid dienone is 1. The van der Waals surface area contributed by atoms with Gasteiger partial charge in [0, 0.05) is 25.6 Å². The normalized spacial score (nSPS) is 19.0. The SMILES string of the molecule is C/C(=C\[C@H]1OC(=O)CC[C@@H]1CCCOCc1ccccc1)CCCOCc1ccccc1. The second kappa shape index (κ2) is 13.9. The minimum atomic E-state index is -0.115. The standard InChI is InChI=1S/C28H36O4/c1-23(10-8-18-30-21-24-11-4-2-5-12-24)20-27-26(16-17-28(29)32-27)15-9-19-31-22-25-13-6-3-7-14-25/h2-7,11-14,20,26-27H,8-10,15-19,21-22H2,1H3/b23-20+/t26-,27+/m0/s1. The Kier molecular flexibility index (Phi) is 10.5. The summed E-state index contributed by atoms with van der Waals surface area (Å²) in [4.78, 5) is 11.9. The van der Waals surface area contributed by atoms with Gasteiger partial charge in [0.15, 0.2) is 0 Å². The van der Waals surface area contributed by atoms with E-state index in [4.69, 9.17) is 14.2 Å². The lowest BCUT2D eigenvalue weighted by Gasteiger charge is -2.29. The van der Waals surface area contributed by atoms with Crippen LogP contribution in [-0.2, 0) is 32.2 Å². The highest BCUT2D eigenvalue weighted by atomic mass is 16.5. The molecule has 0 aromatic heterocycles. The van der Waals surface area contributed by atoms with Crippen molar-refractivity contribution in [2.24, 2.45) is 5.92 Å². The Morgan fingerprint density at radius 2 is 1.53 bits per heavy atom. The molecule has 0 bridgehead atoms. The summed E-state index contributed by atoms with van der Waals surface area (Å²) in [6.07, 6.45) is 7.37. The van der Waals surface area contributed by atoms with Gasteiger partial charge < -0.3 is 14.2 Å². The minimum Gasteiger partial charge on any atom is -0.458 e. The number of carbonyl (C=O) groups is 1. The molecule has 1 aliphatic rings. The number of rotatable bonds is 13. The van der Waals surface area contributed by atoms with Crippen molar-refractivity contribution in [2.45, 2.75) is 64.8 Å². The Morgan fingerprint density at radius 1 is 0.938 bits per heavy atom. The molecule has 4 nitrogen and oxygen atoms in total. The van der Waals surface area contributed by atoms with Crippen LogP contribution in [0.5, 0.6) is 0 Å². The molecule has 0 saturated carbocycles. The molecule has 2 aromatic rings. The van der Waals surface area contributed by atoms with Crippen LogP contribution in [0, 0.1) is 5.92 Å². The zero-order chi connectivity index (χ0) is 22.4. The maximum atomic E-state index is 11.9. The average molecular weight is 437 g/mol. The third-order valence-electron chi connectivity index (χ3n) is 5.85. The topological polar surface area (TPSA) is 44.8 Å². The van der Waals surface area contributed by atoms with Crippen LogP contribution in [0.2, 0.25) is 0 Å². The lowest BCUT2D eigenvalue weighted by atomic mass is 9.88. The van der Waals surface area contributed by atoms with E-state index in [0.29, 0.717) is 25.6 Å². The van der Waals surface area contributed by atoms with E-state index in [-0.39, 0.29) is 12.1 Å². The van der Waals surface area contributed by atoms with E-state index >= 15 is 0 Å². The van der Waals surface area contributed by atoms with Crippen LogP contribution in [-0.4, -0.2) is 25.3 Å². The van der Waals surface area contributed by atoms with Gasteiger partial charge >= 0.3 is 5.97 Å². The molecule has 3 rings (SSSR count). The quantitative estimate of drug-likeness (QED) is 0.212. The van der Waals surface area contributed by atoms with Gasteiger partial charge in [-0.25, -0.2) is 0 Å². The molecular weight excluding hydrogens is 400 g/mol. The highest BCUT2D eigenvalue weighted by Crippen LogP contribution is 2.28. The van der Waals surface area contributed by atoms with Gasteiger partial charge in [-0.1, -0.05) is 66.2 Å². The fourth-order valence-corrected chi connectivity index (χ4v) is 4.05. The van der Waals surface area contributed by atoms with Gasteiger partial charge in [0.2, 0.25) is 0 Å². The molecule has 1 aliphatic heterocycles. The van der Waals surface area contributed by atoms with Gasteiger partial charge in [-0.15, -0.1) is 0 Å². The smallest absolute Gasteiger partial charge is 0.306 e. The molecule has 0 aliphatic carbocycles. The van der Waals surface area contributed by atoms with E-state index in [2.05, 4.69) is 37.3 Å². The van der Waals surface area contributed by atoms with Crippen molar-refractivity contribution < 1.29 is 19.0 Å². The summed E-state index contributed by atoms with van der Waals surface area (Å²) >= 11 is 0. The molecule has 32 heavy (non-hydrogen) atoms. The summed E-state index contributed by atoms with van der Waals surface area (Å²) in [6.45, 7) is 4.88. The van der Waals surface area contributed by atoms with Crippen molar-refractivity contribution in [2.75, 3.05) is 13.2 Å². The number of carbonyl (C=O) groups excluding carboxylic acids is 1. The Balaban J connectivity index is 1.35. The first kappa shape index (κ1) is 24.2. The number of benzene rings is 2. The van der Waals surface area contributed by atoms with Crippen molar-refractivity contribution in [3.63, 3.8) is 0 Å². The number of hydrogen-bond donors (Lipinski definition) is 0. The van der Waals surface area contributed by atoms with E-state index in [1.54, 1.807) is 0 Å². The number of hydrogen-bond acceptors (Lipinski definition) is 4. The third kappa shape index (κ3) is 8.97. The molecular formula is C28H36O4. The number of esters is 1. The van der Waals surface area contributed by atoms with Crippen molar-refractivity contribution in [1.82, 2.24) is 0 Å². The molecule has 0 spiro atoms. The fourth-order valence-electron chi connectivity index (χ4n) is 4.05. The maximum Gasteiger partial charge on any atom is 0.306 e. The molecule has 1 saturated heterocycles. The maximum absolute atomic E-state index is 11.9. The molecule has 2 atom stereocenters. The zero-order valence-corrected chi connectivity index (χ0v) is 19.2. The fraction of sp³-hybridized carbons (Fsp3) is 0.464. The summed E-state index contributed by atoms with van der Waals surface area (Å²) in [5.74, 6) is 0.291. The van der Waals surface area contributed by atoms with E-state index in [1.807, 2.05) is 36.4 Å². The lowest BCUT2D eigenvalue weighted by Crippen LogP contribution is -2.31. The second-order valence-electron chi connectivity index (χ2n) is 8.59. The molecule has 1 fully saturated rings. The first-order valence-corrected chi connectivity index (χ1v) is 11.8. The monoisotopic (exact) mass is 436 g/mol. The first-order chi connectivity index (χ1) is 15.7. The zero-order valence-electron chi connectivity index (χ0n) is 19.2. The largest absolute Gasteiger partial charge is 0.458 e. The van der Waals surface area contributed by atoms with Gasteiger partial charge in [0.05, 0.1) is 13.2 Å². The van der Waals surface area contributed by atoms with Gasteiger partial charge in [-0.05, 0) is 56.2 Å². The van der Waals surface area contributed by atoms with Crippen LogP contribution >= 0.6 is 0 Å². The molecule has 0 unspecified atom stereocenters. The molecule has 2 aromatic carbocycles. The Hall–Kier alpha value is -2.43. The predicted octanol–water partition coefficient (Wildman–Crippen LogP) is 6.25. The van der Waals surface area contributed by atoms with E-state index in [0.717, 1.165) is 45.3 Å². The molecule has 1 heterocycles. The van der Waals surface area contributed by atoms with Crippen LogP contribution in [0.4, 0.5) is 0 Å². The van der Waals surface area contributed by atoms with Gasteiger partial charge in [0.1, 0.15) is 6.10 Å². The van der Waals surface area contributed by atoms with E-state index in [9.17, 15) is 4.79 Å². The van der Waals surface area contributed by atoms with Gasteiger partial charge in [0.25, 0.3) is 0 Å². The Bertz CT molecular complexity index is 816. The second-order valence-corrected chi connectivity index (χ2v) is 8.59. The van der Waals surface area contributed by atoms with Gasteiger partial charge in [-0.2, -0.15) is 0 Å². The number of cyclic esters (lactones) is 1. The number of ether oxygens (including phenoxy) is 3. The van der Waals surface area contributed by atoms with Crippen molar-refractivity contribution in [3.8, 4) is 0 Å². The summed E-state index contributed by atoms with van der Waals surface area (Å²) in [5.41, 5.74) is 3.66. The van der Waals surface area contributed by atoms with Crippen molar-refractivity contribution >= 4 is 5.97 Å². The summed E-state index contributed by atoms with van der Waals surface area (Å²) in [5, 5.41) is 0. The average Bonchev–Trinajstić information content (AvgIpc) is 2.81. The Morgan fingerprint density at radius 3 is 2.16 bits per heavy atom. The molecule has 172 valence electrons. The van der Waals surface area contributed by atoms with Crippen LogP contribution in [0.25, 0.3) is 0 Å². The van der Waals surface area contributed by atoms with E-state index in [1.165, 1.54) is 16.7 Å². The first-order valence-electron chi connectivity index (χ1n) is 11.8. The highest BCUT2D eigenvalue weighted by molar-refractivity contribution is 5.70. The van der Waals surface area contributed by atoms with E-state index < -0.39 is 0 Å². The molecule has 0 radical (unpaired) electrons. The van der Waals surface area contributed by atoms with Crippen molar-refractivity contribution in [1.29, 1.82) is 0 Å². The van der Waals surface area contributed by atoms with Crippen LogP contribution in [0.1, 0.15) is 56.6 Å². The molecule has 0 amide bonds. The predicted molar refractivity (Wildman–Crippen MR) is 127 cm³/mol.